The molecule has 0 atom stereocenters. The molecule has 0 saturated carbocycles. The van der Waals surface area contributed by atoms with Crippen molar-refractivity contribution >= 4 is 21.6 Å². The van der Waals surface area contributed by atoms with E-state index in [1.54, 1.807) is 0 Å². The van der Waals surface area contributed by atoms with Gasteiger partial charge >= 0.3 is 0 Å². The molecule has 0 saturated heterocycles. The fraction of sp³-hybridized carbons (Fsp3) is 0.333. The zero-order chi connectivity index (χ0) is 15.6. The molecule has 0 aromatic heterocycles. The molecule has 112 valence electrons. The van der Waals surface area contributed by atoms with Gasteiger partial charge in [-0.05, 0) is 41.7 Å². The van der Waals surface area contributed by atoms with E-state index in [4.69, 9.17) is 10.5 Å². The third-order valence-corrected chi connectivity index (χ3v) is 3.95. The van der Waals surface area contributed by atoms with Gasteiger partial charge < -0.3 is 10.5 Å². The van der Waals surface area contributed by atoms with Crippen LogP contribution in [0.15, 0.2) is 40.9 Å². The maximum Gasteiger partial charge on any atom is 0.150 e. The van der Waals surface area contributed by atoms with Gasteiger partial charge in [0.05, 0.1) is 5.69 Å². The average molecular weight is 348 g/mol. The minimum atomic E-state index is 0.00809. The SMILES string of the molecule is CCc1ccc(Oc2cc(Br)ccc2C(C)(C)C)c(N)c1. The second-order valence-electron chi connectivity index (χ2n) is 6.22. The number of hydrogen-bond acceptors (Lipinski definition) is 2. The summed E-state index contributed by atoms with van der Waals surface area (Å²) in [4.78, 5) is 0. The molecule has 0 fully saturated rings. The smallest absolute Gasteiger partial charge is 0.150 e. The van der Waals surface area contributed by atoms with Crippen LogP contribution in [0.3, 0.4) is 0 Å². The van der Waals surface area contributed by atoms with Gasteiger partial charge in [0.25, 0.3) is 0 Å². The Hall–Kier alpha value is -1.48. The van der Waals surface area contributed by atoms with Crippen LogP contribution in [0.2, 0.25) is 0 Å². The zero-order valence-corrected chi connectivity index (χ0v) is 14.6. The van der Waals surface area contributed by atoms with E-state index in [0.29, 0.717) is 11.4 Å². The maximum atomic E-state index is 6.11. The van der Waals surface area contributed by atoms with E-state index >= 15 is 0 Å². The first-order valence-corrected chi connectivity index (χ1v) is 7.97. The van der Waals surface area contributed by atoms with Crippen LogP contribution in [0.5, 0.6) is 11.5 Å². The van der Waals surface area contributed by atoms with Crippen LogP contribution in [0.1, 0.15) is 38.8 Å². The largest absolute Gasteiger partial charge is 0.455 e. The molecule has 2 nitrogen and oxygen atoms in total. The summed E-state index contributed by atoms with van der Waals surface area (Å²) in [5.41, 5.74) is 9.16. The van der Waals surface area contributed by atoms with Crippen LogP contribution < -0.4 is 10.5 Å². The van der Waals surface area contributed by atoms with Gasteiger partial charge in [-0.3, -0.25) is 0 Å². The third kappa shape index (κ3) is 3.79. The highest BCUT2D eigenvalue weighted by atomic mass is 79.9. The first-order chi connectivity index (χ1) is 9.81. The Balaban J connectivity index is 2.41. The highest BCUT2D eigenvalue weighted by Crippen LogP contribution is 2.37. The standard InChI is InChI=1S/C18H22BrNO/c1-5-12-6-9-16(15(20)10-12)21-17-11-13(19)7-8-14(17)18(2,3)4/h6-11H,5,20H2,1-4H3. The summed E-state index contributed by atoms with van der Waals surface area (Å²) >= 11 is 3.51. The lowest BCUT2D eigenvalue weighted by Crippen LogP contribution is -2.12. The van der Waals surface area contributed by atoms with Crippen LogP contribution >= 0.6 is 15.9 Å². The molecule has 2 N–H and O–H groups in total. The van der Waals surface area contributed by atoms with Gasteiger partial charge in [-0.1, -0.05) is 55.8 Å². The molecule has 0 bridgehead atoms. The molecular formula is C18H22BrNO. The molecule has 21 heavy (non-hydrogen) atoms. The summed E-state index contributed by atoms with van der Waals surface area (Å²) in [5.74, 6) is 1.55. The van der Waals surface area contributed by atoms with Crippen molar-refractivity contribution in [2.24, 2.45) is 0 Å². The molecule has 3 heteroatoms. The molecule has 0 amide bonds. The summed E-state index contributed by atoms with van der Waals surface area (Å²) < 4.78 is 7.09. The maximum absolute atomic E-state index is 6.11. The minimum absolute atomic E-state index is 0.00809. The summed E-state index contributed by atoms with van der Waals surface area (Å²) in [6.45, 7) is 8.63. The van der Waals surface area contributed by atoms with Gasteiger partial charge in [0.15, 0.2) is 0 Å². The molecule has 0 heterocycles. The Morgan fingerprint density at radius 1 is 1.05 bits per heavy atom. The van der Waals surface area contributed by atoms with E-state index in [9.17, 15) is 0 Å². The van der Waals surface area contributed by atoms with Crippen molar-refractivity contribution in [2.45, 2.75) is 39.5 Å². The molecule has 2 aromatic carbocycles. The van der Waals surface area contributed by atoms with E-state index in [1.165, 1.54) is 5.56 Å². The van der Waals surface area contributed by atoms with Gasteiger partial charge in [-0.25, -0.2) is 0 Å². The van der Waals surface area contributed by atoms with Crippen molar-refractivity contribution in [3.8, 4) is 11.5 Å². The first kappa shape index (κ1) is 15.9. The number of benzene rings is 2. The van der Waals surface area contributed by atoms with Crippen molar-refractivity contribution in [1.29, 1.82) is 0 Å². The minimum Gasteiger partial charge on any atom is -0.455 e. The van der Waals surface area contributed by atoms with Gasteiger partial charge in [0.2, 0.25) is 0 Å². The molecule has 0 aliphatic carbocycles. The van der Waals surface area contributed by atoms with E-state index < -0.39 is 0 Å². The molecule has 0 unspecified atom stereocenters. The lowest BCUT2D eigenvalue weighted by Gasteiger charge is -2.23. The predicted molar refractivity (Wildman–Crippen MR) is 93.1 cm³/mol. The zero-order valence-electron chi connectivity index (χ0n) is 13.0. The van der Waals surface area contributed by atoms with E-state index in [1.807, 2.05) is 24.3 Å². The lowest BCUT2D eigenvalue weighted by molar-refractivity contribution is 0.456. The number of ether oxygens (including phenoxy) is 1. The fourth-order valence-electron chi connectivity index (χ4n) is 2.23. The summed E-state index contributed by atoms with van der Waals surface area (Å²) in [7, 11) is 0. The summed E-state index contributed by atoms with van der Waals surface area (Å²) in [5, 5.41) is 0. The number of halogens is 1. The second kappa shape index (κ2) is 6.10. The predicted octanol–water partition coefficient (Wildman–Crippen LogP) is 5.68. The van der Waals surface area contributed by atoms with Gasteiger partial charge in [0, 0.05) is 10.0 Å². The highest BCUT2D eigenvalue weighted by molar-refractivity contribution is 9.10. The van der Waals surface area contributed by atoms with Crippen molar-refractivity contribution in [3.63, 3.8) is 0 Å². The molecule has 2 aromatic rings. The summed E-state index contributed by atoms with van der Waals surface area (Å²) in [6.07, 6.45) is 0.967. The molecule has 0 aliphatic heterocycles. The average Bonchev–Trinajstić information content (AvgIpc) is 2.39. The Morgan fingerprint density at radius 3 is 2.33 bits per heavy atom. The van der Waals surface area contributed by atoms with Gasteiger partial charge in [-0.2, -0.15) is 0 Å². The number of hydrogen-bond donors (Lipinski definition) is 1. The third-order valence-electron chi connectivity index (χ3n) is 3.45. The lowest BCUT2D eigenvalue weighted by atomic mass is 9.86. The monoisotopic (exact) mass is 347 g/mol. The first-order valence-electron chi connectivity index (χ1n) is 7.17. The van der Waals surface area contributed by atoms with Crippen LogP contribution in [0.4, 0.5) is 5.69 Å². The molecular weight excluding hydrogens is 326 g/mol. The number of nitrogen functional groups attached to an aromatic ring is 1. The van der Waals surface area contributed by atoms with E-state index in [-0.39, 0.29) is 5.41 Å². The van der Waals surface area contributed by atoms with Crippen LogP contribution in [-0.4, -0.2) is 0 Å². The normalized spacial score (nSPS) is 11.5. The quantitative estimate of drug-likeness (QED) is 0.724. The van der Waals surface area contributed by atoms with Crippen LogP contribution in [-0.2, 0) is 11.8 Å². The number of aryl methyl sites for hydroxylation is 1. The van der Waals surface area contributed by atoms with Gasteiger partial charge in [0.1, 0.15) is 11.5 Å². The Morgan fingerprint density at radius 2 is 1.76 bits per heavy atom. The van der Waals surface area contributed by atoms with Crippen molar-refractivity contribution in [3.05, 3.63) is 52.0 Å². The van der Waals surface area contributed by atoms with Crippen LogP contribution in [0, 0.1) is 0 Å². The number of rotatable bonds is 3. The van der Waals surface area contributed by atoms with Gasteiger partial charge in [-0.15, -0.1) is 0 Å². The van der Waals surface area contributed by atoms with E-state index in [2.05, 4.69) is 55.8 Å². The van der Waals surface area contributed by atoms with Crippen molar-refractivity contribution in [2.75, 3.05) is 5.73 Å². The van der Waals surface area contributed by atoms with Crippen molar-refractivity contribution < 1.29 is 4.74 Å². The topological polar surface area (TPSA) is 35.2 Å². The van der Waals surface area contributed by atoms with Crippen LogP contribution in [0.25, 0.3) is 0 Å². The number of anilines is 1. The Kier molecular flexibility index (Phi) is 4.62. The Labute approximate surface area is 135 Å². The highest BCUT2D eigenvalue weighted by Gasteiger charge is 2.20. The molecule has 0 spiro atoms. The molecule has 0 radical (unpaired) electrons. The second-order valence-corrected chi connectivity index (χ2v) is 7.13. The molecule has 2 rings (SSSR count). The number of nitrogens with two attached hydrogens (primary N) is 1. The Bertz CT molecular complexity index is 644. The molecule has 0 aliphatic rings. The van der Waals surface area contributed by atoms with Crippen molar-refractivity contribution in [1.82, 2.24) is 0 Å². The summed E-state index contributed by atoms with van der Waals surface area (Å²) in [6, 6.07) is 12.1. The fourth-order valence-corrected chi connectivity index (χ4v) is 2.57. The van der Waals surface area contributed by atoms with E-state index in [0.717, 1.165) is 22.2 Å².